The van der Waals surface area contributed by atoms with Gasteiger partial charge in [0.05, 0.1) is 22.4 Å². The van der Waals surface area contributed by atoms with Crippen LogP contribution in [-0.4, -0.2) is 14.5 Å². The van der Waals surface area contributed by atoms with Gasteiger partial charge in [-0.25, -0.2) is 9.37 Å². The second kappa shape index (κ2) is 3.96. The monoisotopic (exact) mass is 262 g/mol. The first-order valence-electron chi connectivity index (χ1n) is 5.20. The molecule has 6 heteroatoms. The van der Waals surface area contributed by atoms with Crippen LogP contribution in [0, 0.1) is 5.82 Å². The number of fused-ring (bicyclic) bond motifs is 1. The summed E-state index contributed by atoms with van der Waals surface area (Å²) < 4.78 is 15.1. The molecule has 0 atom stereocenters. The van der Waals surface area contributed by atoms with E-state index in [9.17, 15) is 4.39 Å². The van der Waals surface area contributed by atoms with Crippen LogP contribution in [0.25, 0.3) is 16.7 Å². The van der Waals surface area contributed by atoms with Crippen molar-refractivity contribution in [2.24, 2.45) is 0 Å². The van der Waals surface area contributed by atoms with Crippen molar-refractivity contribution in [1.82, 2.24) is 14.5 Å². The summed E-state index contributed by atoms with van der Waals surface area (Å²) in [5.74, 6) is -0.218. The lowest BCUT2D eigenvalue weighted by Crippen LogP contribution is -2.01. The molecule has 0 amide bonds. The molecule has 4 nitrogen and oxygen atoms in total. The van der Waals surface area contributed by atoms with Crippen molar-refractivity contribution in [3.8, 4) is 5.69 Å². The number of rotatable bonds is 1. The van der Waals surface area contributed by atoms with Crippen LogP contribution in [0.3, 0.4) is 0 Å². The molecule has 0 fully saturated rings. The third-order valence-corrected chi connectivity index (χ3v) is 2.95. The quantitative estimate of drug-likeness (QED) is 0.734. The van der Waals surface area contributed by atoms with Crippen molar-refractivity contribution in [1.29, 1.82) is 0 Å². The Morgan fingerprint density at radius 1 is 1.28 bits per heavy atom. The number of imidazole rings is 1. The third-order valence-electron chi connectivity index (χ3n) is 2.64. The van der Waals surface area contributed by atoms with Gasteiger partial charge in [-0.3, -0.25) is 9.55 Å². The van der Waals surface area contributed by atoms with E-state index in [0.717, 1.165) is 5.52 Å². The van der Waals surface area contributed by atoms with Gasteiger partial charge in [-0.2, -0.15) is 0 Å². The van der Waals surface area contributed by atoms with Gasteiger partial charge in [0, 0.05) is 6.20 Å². The van der Waals surface area contributed by atoms with Crippen LogP contribution in [-0.2, 0) is 0 Å². The minimum Gasteiger partial charge on any atom is -0.369 e. The average Bonchev–Trinajstić information content (AvgIpc) is 2.69. The summed E-state index contributed by atoms with van der Waals surface area (Å²) in [7, 11) is 0. The van der Waals surface area contributed by atoms with Gasteiger partial charge in [0.1, 0.15) is 11.3 Å². The van der Waals surface area contributed by atoms with Crippen molar-refractivity contribution >= 4 is 28.6 Å². The smallest absolute Gasteiger partial charge is 0.205 e. The maximum Gasteiger partial charge on any atom is 0.205 e. The normalized spacial score (nSPS) is 11.0. The van der Waals surface area contributed by atoms with Crippen LogP contribution >= 0.6 is 11.6 Å². The molecule has 90 valence electrons. The summed E-state index contributed by atoms with van der Waals surface area (Å²) in [6, 6.07) is 6.26. The Hall–Kier alpha value is -2.14. The van der Waals surface area contributed by atoms with Gasteiger partial charge in [0.25, 0.3) is 0 Å². The Balaban J connectivity index is 2.30. The van der Waals surface area contributed by atoms with E-state index in [1.807, 2.05) is 0 Å². The number of aromatic nitrogens is 3. The van der Waals surface area contributed by atoms with Crippen LogP contribution in [0.1, 0.15) is 0 Å². The molecule has 0 aliphatic heterocycles. The number of benzene rings is 1. The van der Waals surface area contributed by atoms with Gasteiger partial charge < -0.3 is 5.73 Å². The topological polar surface area (TPSA) is 56.7 Å². The van der Waals surface area contributed by atoms with E-state index in [0.29, 0.717) is 11.2 Å². The van der Waals surface area contributed by atoms with E-state index in [2.05, 4.69) is 9.97 Å². The Morgan fingerprint density at radius 2 is 2.11 bits per heavy atom. The fourth-order valence-electron chi connectivity index (χ4n) is 1.85. The Bertz CT molecular complexity index is 738. The first kappa shape index (κ1) is 11.0. The molecule has 0 radical (unpaired) electrons. The Kier molecular flexibility index (Phi) is 2.41. The predicted molar refractivity (Wildman–Crippen MR) is 68.2 cm³/mol. The molecule has 3 rings (SSSR count). The minimum absolute atomic E-state index is 0.0726. The van der Waals surface area contributed by atoms with Crippen LogP contribution in [0.5, 0.6) is 0 Å². The van der Waals surface area contributed by atoms with E-state index >= 15 is 0 Å². The van der Waals surface area contributed by atoms with Crippen LogP contribution < -0.4 is 5.73 Å². The molecule has 1 aromatic carbocycles. The molecular weight excluding hydrogens is 255 g/mol. The average molecular weight is 263 g/mol. The molecule has 0 saturated carbocycles. The van der Waals surface area contributed by atoms with Gasteiger partial charge in [0.15, 0.2) is 0 Å². The summed E-state index contributed by atoms with van der Waals surface area (Å²) in [5.41, 5.74) is 7.84. The zero-order chi connectivity index (χ0) is 12.7. The fourth-order valence-corrected chi connectivity index (χ4v) is 1.96. The highest BCUT2D eigenvalue weighted by atomic mass is 35.5. The minimum atomic E-state index is -0.496. The predicted octanol–water partition coefficient (Wildman–Crippen LogP) is 2.80. The first-order valence-corrected chi connectivity index (χ1v) is 5.58. The molecule has 3 aromatic rings. The molecule has 0 bridgehead atoms. The van der Waals surface area contributed by atoms with Crippen molar-refractivity contribution in [3.63, 3.8) is 0 Å². The highest BCUT2D eigenvalue weighted by Crippen LogP contribution is 2.24. The fraction of sp³-hybridized carbons (Fsp3) is 0. The van der Waals surface area contributed by atoms with Crippen LogP contribution in [0.15, 0.2) is 36.7 Å². The number of hydrogen-bond acceptors (Lipinski definition) is 3. The number of nitrogens with two attached hydrogens (primary N) is 1. The summed E-state index contributed by atoms with van der Waals surface area (Å²) in [6.07, 6.45) is 3.24. The maximum absolute atomic E-state index is 13.5. The van der Waals surface area contributed by atoms with Gasteiger partial charge in [-0.15, -0.1) is 0 Å². The zero-order valence-corrected chi connectivity index (χ0v) is 9.89. The first-order chi connectivity index (χ1) is 8.66. The molecule has 0 saturated heterocycles. The summed E-state index contributed by atoms with van der Waals surface area (Å²) in [4.78, 5) is 8.13. The van der Waals surface area contributed by atoms with Gasteiger partial charge in [-0.05, 0) is 24.3 Å². The summed E-state index contributed by atoms with van der Waals surface area (Å²) in [5, 5.41) is 0.0726. The lowest BCUT2D eigenvalue weighted by Gasteiger charge is -2.06. The maximum atomic E-state index is 13.5. The van der Waals surface area contributed by atoms with E-state index in [-0.39, 0.29) is 11.0 Å². The molecule has 0 spiro atoms. The van der Waals surface area contributed by atoms with E-state index in [1.165, 1.54) is 12.1 Å². The van der Waals surface area contributed by atoms with E-state index in [4.69, 9.17) is 17.3 Å². The summed E-state index contributed by atoms with van der Waals surface area (Å²) in [6.45, 7) is 0. The molecule has 18 heavy (non-hydrogen) atoms. The van der Waals surface area contributed by atoms with Gasteiger partial charge >= 0.3 is 0 Å². The summed E-state index contributed by atoms with van der Waals surface area (Å²) >= 11 is 5.66. The van der Waals surface area contributed by atoms with Crippen molar-refractivity contribution in [2.45, 2.75) is 0 Å². The molecule has 2 N–H and O–H groups in total. The van der Waals surface area contributed by atoms with Gasteiger partial charge in [0.2, 0.25) is 5.95 Å². The number of pyridine rings is 1. The Morgan fingerprint density at radius 3 is 2.89 bits per heavy atom. The van der Waals surface area contributed by atoms with Crippen LogP contribution in [0.2, 0.25) is 5.02 Å². The van der Waals surface area contributed by atoms with E-state index in [1.54, 1.807) is 29.1 Å². The molecule has 0 aliphatic carbocycles. The van der Waals surface area contributed by atoms with E-state index < -0.39 is 5.82 Å². The van der Waals surface area contributed by atoms with Crippen molar-refractivity contribution < 1.29 is 4.39 Å². The molecule has 2 aromatic heterocycles. The number of halogens is 2. The highest BCUT2D eigenvalue weighted by molar-refractivity contribution is 6.30. The third kappa shape index (κ3) is 1.60. The number of nitrogen functional groups attached to an aromatic ring is 1. The standard InChI is InChI=1S/C12H8ClFN4/c13-8-2-1-7(5-9(8)14)18-11-3-4-16-6-10(11)17-12(18)15/h1-6H,(H2,15,17). The van der Waals surface area contributed by atoms with Crippen molar-refractivity contribution in [2.75, 3.05) is 5.73 Å². The van der Waals surface area contributed by atoms with Gasteiger partial charge in [-0.1, -0.05) is 11.6 Å². The highest BCUT2D eigenvalue weighted by Gasteiger charge is 2.11. The molecule has 2 heterocycles. The Labute approximate surface area is 107 Å². The number of hydrogen-bond donors (Lipinski definition) is 1. The molecular formula is C12H8ClFN4. The molecule has 0 unspecified atom stereocenters. The lowest BCUT2D eigenvalue weighted by molar-refractivity contribution is 0.627. The second-order valence-corrected chi connectivity index (χ2v) is 4.18. The largest absolute Gasteiger partial charge is 0.369 e. The zero-order valence-electron chi connectivity index (χ0n) is 9.14. The number of nitrogens with zero attached hydrogens (tertiary/aromatic N) is 3. The van der Waals surface area contributed by atoms with Crippen LogP contribution in [0.4, 0.5) is 10.3 Å². The SMILES string of the molecule is Nc1nc2cnccc2n1-c1ccc(Cl)c(F)c1. The van der Waals surface area contributed by atoms with Crippen molar-refractivity contribution in [3.05, 3.63) is 47.5 Å². The molecule has 0 aliphatic rings. The second-order valence-electron chi connectivity index (χ2n) is 3.77. The lowest BCUT2D eigenvalue weighted by atomic mass is 10.3. The number of anilines is 1.